The molecule has 0 fully saturated rings. The first kappa shape index (κ1) is 14.4. The number of aryl methyl sites for hydroxylation is 1. The van der Waals surface area contributed by atoms with Gasteiger partial charge in [0.15, 0.2) is 5.82 Å². The van der Waals surface area contributed by atoms with Gasteiger partial charge in [-0.1, -0.05) is 5.21 Å². The molecule has 9 heteroatoms. The van der Waals surface area contributed by atoms with E-state index in [4.69, 9.17) is 5.11 Å². The molecule has 2 rings (SSSR count). The number of nitrogens with one attached hydrogen (secondary N) is 3. The Morgan fingerprint density at radius 1 is 1.33 bits per heavy atom. The van der Waals surface area contributed by atoms with Crippen LogP contribution in [0.1, 0.15) is 27.3 Å². The Balaban J connectivity index is 2.05. The molecule has 1 heterocycles. The second-order valence-corrected chi connectivity index (χ2v) is 4.41. The third-order valence-electron chi connectivity index (χ3n) is 2.95. The van der Waals surface area contributed by atoms with Crippen LogP contribution in [0.25, 0.3) is 0 Å². The SMILES string of the molecule is Cc1cc(NC(=O)NCc2nn[nH]n2)cc(C(=O)O)c1C. The number of carboxylic acids is 1. The maximum atomic E-state index is 11.7. The number of urea groups is 1. The van der Waals surface area contributed by atoms with Crippen LogP contribution in [-0.2, 0) is 6.54 Å². The summed E-state index contributed by atoms with van der Waals surface area (Å²) in [5.74, 6) is -0.692. The first-order valence-corrected chi connectivity index (χ1v) is 6.09. The number of rotatable bonds is 4. The molecule has 110 valence electrons. The summed E-state index contributed by atoms with van der Waals surface area (Å²) in [5.41, 5.74) is 2.01. The summed E-state index contributed by atoms with van der Waals surface area (Å²) in [6, 6.07) is 2.63. The van der Waals surface area contributed by atoms with Crippen molar-refractivity contribution in [3.63, 3.8) is 0 Å². The highest BCUT2D eigenvalue weighted by Crippen LogP contribution is 2.20. The normalized spacial score (nSPS) is 10.2. The number of nitrogens with zero attached hydrogens (tertiary/aromatic N) is 3. The van der Waals surface area contributed by atoms with Gasteiger partial charge in [-0.05, 0) is 37.1 Å². The van der Waals surface area contributed by atoms with Crippen LogP contribution in [-0.4, -0.2) is 37.7 Å². The number of H-pyrrole nitrogens is 1. The zero-order valence-corrected chi connectivity index (χ0v) is 11.5. The van der Waals surface area contributed by atoms with Crippen molar-refractivity contribution < 1.29 is 14.7 Å². The predicted molar refractivity (Wildman–Crippen MR) is 72.9 cm³/mol. The molecule has 0 aliphatic rings. The van der Waals surface area contributed by atoms with E-state index in [0.29, 0.717) is 17.1 Å². The lowest BCUT2D eigenvalue weighted by molar-refractivity contribution is 0.0696. The van der Waals surface area contributed by atoms with Crippen molar-refractivity contribution in [1.29, 1.82) is 0 Å². The molecule has 2 amide bonds. The first-order chi connectivity index (χ1) is 9.97. The van der Waals surface area contributed by atoms with Crippen molar-refractivity contribution in [3.8, 4) is 0 Å². The van der Waals surface area contributed by atoms with Gasteiger partial charge in [-0.2, -0.15) is 5.21 Å². The molecule has 0 saturated heterocycles. The van der Waals surface area contributed by atoms with Gasteiger partial charge in [0, 0.05) is 5.69 Å². The lowest BCUT2D eigenvalue weighted by Gasteiger charge is -2.11. The molecule has 2 aromatic rings. The third-order valence-corrected chi connectivity index (χ3v) is 2.95. The van der Waals surface area contributed by atoms with Crippen LogP contribution in [0, 0.1) is 13.8 Å². The van der Waals surface area contributed by atoms with Gasteiger partial charge in [0.05, 0.1) is 12.1 Å². The predicted octanol–water partition coefficient (Wildman–Crippen LogP) is 0.836. The van der Waals surface area contributed by atoms with E-state index in [-0.39, 0.29) is 12.1 Å². The number of carbonyl (C=O) groups is 2. The lowest BCUT2D eigenvalue weighted by atomic mass is 10.0. The third kappa shape index (κ3) is 3.53. The molecule has 0 spiro atoms. The van der Waals surface area contributed by atoms with Crippen molar-refractivity contribution in [1.82, 2.24) is 25.9 Å². The standard InChI is InChI=1S/C12H14N6O3/c1-6-3-8(4-9(7(6)2)11(19)20)14-12(21)13-5-10-15-17-18-16-10/h3-4H,5H2,1-2H3,(H,19,20)(H2,13,14,21)(H,15,16,17,18). The van der Waals surface area contributed by atoms with Crippen molar-refractivity contribution in [2.24, 2.45) is 0 Å². The highest BCUT2D eigenvalue weighted by molar-refractivity contribution is 5.94. The fourth-order valence-electron chi connectivity index (χ4n) is 1.75. The Morgan fingerprint density at radius 3 is 2.71 bits per heavy atom. The Kier molecular flexibility index (Phi) is 4.12. The van der Waals surface area contributed by atoms with Crippen LogP contribution in [0.3, 0.4) is 0 Å². The van der Waals surface area contributed by atoms with Gasteiger partial charge in [-0.25, -0.2) is 9.59 Å². The first-order valence-electron chi connectivity index (χ1n) is 6.09. The van der Waals surface area contributed by atoms with Crippen LogP contribution >= 0.6 is 0 Å². The largest absolute Gasteiger partial charge is 0.478 e. The molecule has 0 aliphatic heterocycles. The molecular weight excluding hydrogens is 276 g/mol. The van der Waals surface area contributed by atoms with Gasteiger partial charge in [0.25, 0.3) is 0 Å². The summed E-state index contributed by atoms with van der Waals surface area (Å²) in [6.45, 7) is 3.61. The topological polar surface area (TPSA) is 133 Å². The fraction of sp³-hybridized carbons (Fsp3) is 0.250. The average Bonchev–Trinajstić information content (AvgIpc) is 2.93. The molecule has 0 radical (unpaired) electrons. The Labute approximate surface area is 119 Å². The number of aromatic nitrogens is 4. The minimum atomic E-state index is -1.04. The van der Waals surface area contributed by atoms with Gasteiger partial charge in [-0.15, -0.1) is 10.2 Å². The van der Waals surface area contributed by atoms with E-state index in [0.717, 1.165) is 5.56 Å². The van der Waals surface area contributed by atoms with Crippen LogP contribution in [0.15, 0.2) is 12.1 Å². The number of aromatic amines is 1. The number of benzene rings is 1. The van der Waals surface area contributed by atoms with Crippen LogP contribution < -0.4 is 10.6 Å². The second-order valence-electron chi connectivity index (χ2n) is 4.41. The van der Waals surface area contributed by atoms with E-state index in [1.807, 2.05) is 0 Å². The molecule has 4 N–H and O–H groups in total. The van der Waals surface area contributed by atoms with E-state index in [1.165, 1.54) is 6.07 Å². The molecule has 9 nitrogen and oxygen atoms in total. The number of hydrogen-bond acceptors (Lipinski definition) is 5. The number of tetrazole rings is 1. The zero-order chi connectivity index (χ0) is 15.4. The second kappa shape index (κ2) is 5.99. The summed E-state index contributed by atoms with van der Waals surface area (Å²) in [6.07, 6.45) is 0. The number of amides is 2. The van der Waals surface area contributed by atoms with Crippen molar-refractivity contribution >= 4 is 17.7 Å². The number of hydrogen-bond donors (Lipinski definition) is 4. The Bertz CT molecular complexity index is 668. The summed E-state index contributed by atoms with van der Waals surface area (Å²) in [7, 11) is 0. The van der Waals surface area contributed by atoms with Crippen molar-refractivity contribution in [2.45, 2.75) is 20.4 Å². The van der Waals surface area contributed by atoms with E-state index >= 15 is 0 Å². The van der Waals surface area contributed by atoms with Gasteiger partial charge in [0.2, 0.25) is 0 Å². The maximum absolute atomic E-state index is 11.7. The summed E-state index contributed by atoms with van der Waals surface area (Å²) < 4.78 is 0. The Hall–Kier alpha value is -2.97. The molecule has 1 aromatic carbocycles. The molecule has 21 heavy (non-hydrogen) atoms. The average molecular weight is 290 g/mol. The molecule has 1 aromatic heterocycles. The Morgan fingerprint density at radius 2 is 2.10 bits per heavy atom. The fourth-order valence-corrected chi connectivity index (χ4v) is 1.75. The molecule has 0 saturated carbocycles. The van der Waals surface area contributed by atoms with E-state index in [1.54, 1.807) is 19.9 Å². The molecule has 0 atom stereocenters. The molecule has 0 bridgehead atoms. The quantitative estimate of drug-likeness (QED) is 0.659. The number of anilines is 1. The highest BCUT2D eigenvalue weighted by Gasteiger charge is 2.12. The molecule has 0 aliphatic carbocycles. The lowest BCUT2D eigenvalue weighted by Crippen LogP contribution is -2.28. The van der Waals surface area contributed by atoms with Gasteiger partial charge >= 0.3 is 12.0 Å². The van der Waals surface area contributed by atoms with Crippen molar-refractivity contribution in [3.05, 3.63) is 34.6 Å². The number of carboxylic acid groups (broad SMARTS) is 1. The van der Waals surface area contributed by atoms with E-state index in [9.17, 15) is 9.59 Å². The van der Waals surface area contributed by atoms with Gasteiger partial charge in [0.1, 0.15) is 0 Å². The van der Waals surface area contributed by atoms with Crippen molar-refractivity contribution in [2.75, 3.05) is 5.32 Å². The zero-order valence-electron chi connectivity index (χ0n) is 11.5. The van der Waals surface area contributed by atoms with Crippen LogP contribution in [0.4, 0.5) is 10.5 Å². The highest BCUT2D eigenvalue weighted by atomic mass is 16.4. The summed E-state index contributed by atoms with van der Waals surface area (Å²) in [4.78, 5) is 22.9. The number of carbonyl (C=O) groups excluding carboxylic acids is 1. The maximum Gasteiger partial charge on any atom is 0.336 e. The smallest absolute Gasteiger partial charge is 0.336 e. The molecular formula is C12H14N6O3. The number of aromatic carboxylic acids is 1. The minimum absolute atomic E-state index is 0.110. The van der Waals surface area contributed by atoms with E-state index in [2.05, 4.69) is 31.3 Å². The van der Waals surface area contributed by atoms with E-state index < -0.39 is 12.0 Å². The van der Waals surface area contributed by atoms with Crippen LogP contribution in [0.5, 0.6) is 0 Å². The van der Waals surface area contributed by atoms with Gasteiger partial charge < -0.3 is 15.7 Å². The monoisotopic (exact) mass is 290 g/mol. The minimum Gasteiger partial charge on any atom is -0.478 e. The summed E-state index contributed by atoms with van der Waals surface area (Å²) >= 11 is 0. The molecule has 0 unspecified atom stereocenters. The van der Waals surface area contributed by atoms with Crippen LogP contribution in [0.2, 0.25) is 0 Å². The van der Waals surface area contributed by atoms with Gasteiger partial charge in [-0.3, -0.25) is 0 Å². The summed E-state index contributed by atoms with van der Waals surface area (Å²) in [5, 5.41) is 27.2.